The van der Waals surface area contributed by atoms with Gasteiger partial charge in [0.1, 0.15) is 0 Å². The summed E-state index contributed by atoms with van der Waals surface area (Å²) >= 11 is 0. The third-order valence-electron chi connectivity index (χ3n) is 8.09. The Morgan fingerprint density at radius 3 is 2.25 bits per heavy atom. The van der Waals surface area contributed by atoms with E-state index in [1.54, 1.807) is 0 Å². The predicted octanol–water partition coefficient (Wildman–Crippen LogP) is 5.41. The highest BCUT2D eigenvalue weighted by Gasteiger charge is 2.52. The first kappa shape index (κ1) is 20.2. The fraction of sp³-hybridized carbons (Fsp3) is 1.00. The quantitative estimate of drug-likeness (QED) is 0.651. The second kappa shape index (κ2) is 7.66. The van der Waals surface area contributed by atoms with Gasteiger partial charge in [0.15, 0.2) is 0 Å². The topological polar surface area (TPSA) is 40.5 Å². The van der Waals surface area contributed by atoms with Gasteiger partial charge in [-0.3, -0.25) is 0 Å². The van der Waals surface area contributed by atoms with E-state index in [4.69, 9.17) is 0 Å². The molecule has 0 spiro atoms. The smallest absolute Gasteiger partial charge is 0.0693 e. The lowest BCUT2D eigenvalue weighted by Gasteiger charge is -2.45. The number of aliphatic hydroxyl groups is 2. The molecule has 0 saturated heterocycles. The molecule has 2 unspecified atom stereocenters. The van der Waals surface area contributed by atoms with Crippen LogP contribution in [0.1, 0.15) is 92.9 Å². The van der Waals surface area contributed by atoms with Crippen molar-refractivity contribution in [2.45, 2.75) is 105 Å². The van der Waals surface area contributed by atoms with Gasteiger partial charge in [-0.25, -0.2) is 0 Å². The molecule has 142 valence electrons. The zero-order valence-corrected chi connectivity index (χ0v) is 17.0. The standard InChI is InChI=1S/C22H42O2/c1-15(2)22(24,16(3)4)14-7-9-17(5)18-11-12-19-20(23)10-8-13-21(18,19)6/h15-20,23-24H,7-14H2,1-6H3/t17-,18?,19?,20+,21-/m1/s1. The number of aliphatic hydroxyl groups excluding tert-OH is 1. The Hall–Kier alpha value is -0.0800. The molecule has 2 heteroatoms. The SMILES string of the molecule is CC(C)C(O)(CCC[C@@H](C)C1CCC2[C@@H](O)CCC[C@]12C)C(C)C. The van der Waals surface area contributed by atoms with Crippen LogP contribution in [-0.2, 0) is 0 Å². The Morgan fingerprint density at radius 2 is 1.67 bits per heavy atom. The van der Waals surface area contributed by atoms with Crippen molar-refractivity contribution < 1.29 is 10.2 Å². The van der Waals surface area contributed by atoms with Crippen molar-refractivity contribution in [2.75, 3.05) is 0 Å². The van der Waals surface area contributed by atoms with E-state index in [9.17, 15) is 10.2 Å². The molecule has 5 atom stereocenters. The van der Waals surface area contributed by atoms with Gasteiger partial charge in [0.25, 0.3) is 0 Å². The molecule has 2 N–H and O–H groups in total. The number of fused-ring (bicyclic) bond motifs is 1. The summed E-state index contributed by atoms with van der Waals surface area (Å²) in [5.74, 6) is 2.61. The lowest BCUT2D eigenvalue weighted by molar-refractivity contribution is -0.0579. The molecule has 0 amide bonds. The molecule has 0 aliphatic heterocycles. The summed E-state index contributed by atoms with van der Waals surface area (Å²) in [4.78, 5) is 0. The van der Waals surface area contributed by atoms with Gasteiger partial charge in [0.2, 0.25) is 0 Å². The summed E-state index contributed by atoms with van der Waals surface area (Å²) in [6.45, 7) is 13.5. The van der Waals surface area contributed by atoms with E-state index in [1.807, 2.05) is 0 Å². The molecule has 0 bridgehead atoms. The van der Waals surface area contributed by atoms with Crippen LogP contribution >= 0.6 is 0 Å². The molecule has 0 aromatic heterocycles. The molecule has 2 aliphatic carbocycles. The van der Waals surface area contributed by atoms with E-state index < -0.39 is 5.60 Å². The highest BCUT2D eigenvalue weighted by molar-refractivity contribution is 5.01. The maximum absolute atomic E-state index is 11.0. The zero-order valence-electron chi connectivity index (χ0n) is 17.0. The average Bonchev–Trinajstić information content (AvgIpc) is 2.85. The van der Waals surface area contributed by atoms with Gasteiger partial charge in [-0.2, -0.15) is 0 Å². The van der Waals surface area contributed by atoms with Crippen molar-refractivity contribution in [3.05, 3.63) is 0 Å². The fourth-order valence-electron chi connectivity index (χ4n) is 6.28. The highest BCUT2D eigenvalue weighted by atomic mass is 16.3. The Labute approximate surface area is 150 Å². The fourth-order valence-corrected chi connectivity index (χ4v) is 6.28. The van der Waals surface area contributed by atoms with Crippen LogP contribution in [0.2, 0.25) is 0 Å². The molecular formula is C22H42O2. The van der Waals surface area contributed by atoms with Crippen LogP contribution < -0.4 is 0 Å². The van der Waals surface area contributed by atoms with Gasteiger partial charge in [-0.15, -0.1) is 0 Å². The normalized spacial score (nSPS) is 35.5. The van der Waals surface area contributed by atoms with Crippen LogP contribution in [0.15, 0.2) is 0 Å². The average molecular weight is 339 g/mol. The highest BCUT2D eigenvalue weighted by Crippen LogP contribution is 2.58. The minimum absolute atomic E-state index is 0.0621. The third kappa shape index (κ3) is 3.70. The lowest BCUT2D eigenvalue weighted by Crippen LogP contribution is -2.42. The van der Waals surface area contributed by atoms with Crippen molar-refractivity contribution >= 4 is 0 Å². The first-order valence-electron chi connectivity index (χ1n) is 10.5. The van der Waals surface area contributed by atoms with Crippen molar-refractivity contribution in [2.24, 2.45) is 35.0 Å². The zero-order chi connectivity index (χ0) is 18.1. The molecule has 0 aromatic carbocycles. The van der Waals surface area contributed by atoms with Crippen LogP contribution in [0.5, 0.6) is 0 Å². The first-order chi connectivity index (χ1) is 11.1. The monoisotopic (exact) mass is 338 g/mol. The minimum atomic E-state index is -0.525. The Kier molecular flexibility index (Phi) is 6.46. The molecule has 0 radical (unpaired) electrons. The van der Waals surface area contributed by atoms with E-state index >= 15 is 0 Å². The molecule has 2 rings (SSSR count). The van der Waals surface area contributed by atoms with Gasteiger partial charge in [0, 0.05) is 0 Å². The van der Waals surface area contributed by atoms with Gasteiger partial charge in [-0.1, -0.05) is 60.8 Å². The summed E-state index contributed by atoms with van der Waals surface area (Å²) in [5, 5.41) is 21.4. The largest absolute Gasteiger partial charge is 0.393 e. The van der Waals surface area contributed by atoms with Gasteiger partial charge >= 0.3 is 0 Å². The van der Waals surface area contributed by atoms with E-state index in [2.05, 4.69) is 41.5 Å². The van der Waals surface area contributed by atoms with Crippen molar-refractivity contribution in [1.82, 2.24) is 0 Å². The maximum Gasteiger partial charge on any atom is 0.0693 e. The van der Waals surface area contributed by atoms with E-state index in [-0.39, 0.29) is 6.10 Å². The summed E-state index contributed by atoms with van der Waals surface area (Å²) in [7, 11) is 0. The minimum Gasteiger partial charge on any atom is -0.393 e. The Balaban J connectivity index is 1.92. The van der Waals surface area contributed by atoms with Gasteiger partial charge < -0.3 is 10.2 Å². The second-order valence-corrected chi connectivity index (χ2v) is 9.93. The molecule has 2 fully saturated rings. The molecule has 2 aliphatic rings. The van der Waals surface area contributed by atoms with E-state index in [0.717, 1.165) is 25.2 Å². The summed E-state index contributed by atoms with van der Waals surface area (Å²) in [6, 6.07) is 0. The number of rotatable bonds is 7. The molecule has 0 aromatic rings. The Morgan fingerprint density at radius 1 is 1.04 bits per heavy atom. The second-order valence-electron chi connectivity index (χ2n) is 9.93. The molecule has 24 heavy (non-hydrogen) atoms. The molecule has 2 nitrogen and oxygen atoms in total. The van der Waals surface area contributed by atoms with E-state index in [1.165, 1.54) is 32.1 Å². The lowest BCUT2D eigenvalue weighted by atomic mass is 9.61. The van der Waals surface area contributed by atoms with E-state index in [0.29, 0.717) is 29.1 Å². The maximum atomic E-state index is 11.0. The van der Waals surface area contributed by atoms with Crippen LogP contribution in [0.3, 0.4) is 0 Å². The van der Waals surface area contributed by atoms with Gasteiger partial charge in [-0.05, 0) is 67.1 Å². The number of hydrogen-bond donors (Lipinski definition) is 2. The van der Waals surface area contributed by atoms with Crippen molar-refractivity contribution in [3.8, 4) is 0 Å². The third-order valence-corrected chi connectivity index (χ3v) is 8.09. The molecular weight excluding hydrogens is 296 g/mol. The summed E-state index contributed by atoms with van der Waals surface area (Å²) in [5.41, 5.74) is -0.174. The van der Waals surface area contributed by atoms with Crippen LogP contribution in [0.4, 0.5) is 0 Å². The van der Waals surface area contributed by atoms with Crippen LogP contribution in [-0.4, -0.2) is 21.9 Å². The van der Waals surface area contributed by atoms with Crippen molar-refractivity contribution in [1.29, 1.82) is 0 Å². The van der Waals surface area contributed by atoms with Gasteiger partial charge in [0.05, 0.1) is 11.7 Å². The first-order valence-corrected chi connectivity index (χ1v) is 10.5. The van der Waals surface area contributed by atoms with Crippen LogP contribution in [0, 0.1) is 35.0 Å². The molecule has 0 heterocycles. The van der Waals surface area contributed by atoms with Crippen molar-refractivity contribution in [3.63, 3.8) is 0 Å². The predicted molar refractivity (Wildman–Crippen MR) is 102 cm³/mol. The molecule has 2 saturated carbocycles. The summed E-state index contributed by atoms with van der Waals surface area (Å²) < 4.78 is 0. The Bertz CT molecular complexity index is 395. The summed E-state index contributed by atoms with van der Waals surface area (Å²) in [6.07, 6.45) is 9.20. The number of hydrogen-bond acceptors (Lipinski definition) is 2. The van der Waals surface area contributed by atoms with Crippen LogP contribution in [0.25, 0.3) is 0 Å².